The van der Waals surface area contributed by atoms with E-state index in [1.54, 1.807) is 36.1 Å². The predicted octanol–water partition coefficient (Wildman–Crippen LogP) is 4.77. The normalized spacial score (nSPS) is 13.5. The van der Waals surface area contributed by atoms with Crippen molar-refractivity contribution in [3.05, 3.63) is 66.0 Å². The maximum absolute atomic E-state index is 12.9. The van der Waals surface area contributed by atoms with Gasteiger partial charge in [-0.25, -0.2) is 0 Å². The highest BCUT2D eigenvalue weighted by molar-refractivity contribution is 6.08. The van der Waals surface area contributed by atoms with Gasteiger partial charge in [-0.2, -0.15) is 5.10 Å². The molecule has 2 heterocycles. The van der Waals surface area contributed by atoms with Gasteiger partial charge in [-0.05, 0) is 44.0 Å². The zero-order valence-corrected chi connectivity index (χ0v) is 16.8. The summed E-state index contributed by atoms with van der Waals surface area (Å²) in [6.07, 6.45) is 5.74. The van der Waals surface area contributed by atoms with Crippen molar-refractivity contribution in [3.8, 4) is 17.4 Å². The molecule has 1 aliphatic carbocycles. The van der Waals surface area contributed by atoms with Crippen molar-refractivity contribution in [2.24, 2.45) is 7.05 Å². The second-order valence-electron chi connectivity index (χ2n) is 7.77. The van der Waals surface area contributed by atoms with E-state index in [4.69, 9.17) is 4.74 Å². The van der Waals surface area contributed by atoms with Gasteiger partial charge in [0.1, 0.15) is 11.5 Å². The second kappa shape index (κ2) is 6.95. The standard InChI is InChI=1S/C23H22N4O3/c1-14-3-7-17(8-4-14)30-20-12-15(22(28)24-21-9-10-26(2)25-21)11-18-19(20)13-27(23(18)29)16-5-6-16/h3-4,7-13,16,29H,5-6H2,1-2H3,(H,24,25,28). The molecule has 30 heavy (non-hydrogen) atoms. The molecule has 0 saturated heterocycles. The van der Waals surface area contributed by atoms with Crippen LogP contribution in [0.3, 0.4) is 0 Å². The van der Waals surface area contributed by atoms with E-state index in [9.17, 15) is 9.90 Å². The van der Waals surface area contributed by atoms with Crippen LogP contribution in [0, 0.1) is 6.92 Å². The Balaban J connectivity index is 1.57. The van der Waals surface area contributed by atoms with Gasteiger partial charge >= 0.3 is 0 Å². The van der Waals surface area contributed by atoms with Crippen molar-refractivity contribution in [2.45, 2.75) is 25.8 Å². The summed E-state index contributed by atoms with van der Waals surface area (Å²) in [7, 11) is 1.79. The number of aromatic hydroxyl groups is 1. The van der Waals surface area contributed by atoms with Gasteiger partial charge in [0.25, 0.3) is 5.91 Å². The molecule has 0 aliphatic heterocycles. The number of aryl methyl sites for hydroxylation is 2. The van der Waals surface area contributed by atoms with Crippen molar-refractivity contribution in [1.29, 1.82) is 0 Å². The Labute approximate surface area is 173 Å². The molecular weight excluding hydrogens is 380 g/mol. The zero-order chi connectivity index (χ0) is 20.8. The van der Waals surface area contributed by atoms with E-state index in [1.165, 1.54) is 0 Å². The van der Waals surface area contributed by atoms with Crippen LogP contribution in [0.4, 0.5) is 5.82 Å². The molecule has 1 saturated carbocycles. The van der Waals surface area contributed by atoms with Gasteiger partial charge < -0.3 is 19.7 Å². The van der Waals surface area contributed by atoms with Crippen LogP contribution in [0.15, 0.2) is 54.9 Å². The summed E-state index contributed by atoms with van der Waals surface area (Å²) in [6.45, 7) is 2.01. The van der Waals surface area contributed by atoms with E-state index in [1.807, 2.05) is 42.0 Å². The average molecular weight is 402 g/mol. The molecule has 1 amide bonds. The van der Waals surface area contributed by atoms with E-state index >= 15 is 0 Å². The number of hydrogen-bond acceptors (Lipinski definition) is 4. The van der Waals surface area contributed by atoms with E-state index in [2.05, 4.69) is 10.4 Å². The van der Waals surface area contributed by atoms with Crippen molar-refractivity contribution in [1.82, 2.24) is 14.3 Å². The lowest BCUT2D eigenvalue weighted by atomic mass is 10.1. The van der Waals surface area contributed by atoms with Crippen LogP contribution in [0.2, 0.25) is 0 Å². The molecule has 2 N–H and O–H groups in total. The van der Waals surface area contributed by atoms with E-state index in [0.29, 0.717) is 34.3 Å². The SMILES string of the molecule is Cc1ccc(Oc2cc(C(=O)Nc3ccn(C)n3)cc3c(O)n(C4CC4)cc23)cc1. The van der Waals surface area contributed by atoms with Gasteiger partial charge in [-0.15, -0.1) is 0 Å². The summed E-state index contributed by atoms with van der Waals surface area (Å²) in [6, 6.07) is 13.1. The minimum atomic E-state index is -0.317. The van der Waals surface area contributed by atoms with E-state index in [-0.39, 0.29) is 11.8 Å². The number of fused-ring (bicyclic) bond motifs is 1. The number of anilines is 1. The van der Waals surface area contributed by atoms with E-state index < -0.39 is 0 Å². The average Bonchev–Trinajstić information content (AvgIpc) is 3.41. The molecule has 0 spiro atoms. The molecule has 0 unspecified atom stereocenters. The Morgan fingerprint density at radius 3 is 2.60 bits per heavy atom. The summed E-state index contributed by atoms with van der Waals surface area (Å²) >= 11 is 0. The van der Waals surface area contributed by atoms with Crippen LogP contribution in [-0.4, -0.2) is 25.4 Å². The third-order valence-corrected chi connectivity index (χ3v) is 5.30. The quantitative estimate of drug-likeness (QED) is 0.504. The highest BCUT2D eigenvalue weighted by Crippen LogP contribution is 2.44. The Hall–Kier alpha value is -3.74. The predicted molar refractivity (Wildman–Crippen MR) is 114 cm³/mol. The fourth-order valence-electron chi connectivity index (χ4n) is 3.53. The lowest BCUT2D eigenvalue weighted by Crippen LogP contribution is -2.12. The number of rotatable bonds is 5. The largest absolute Gasteiger partial charge is 0.494 e. The first kappa shape index (κ1) is 18.3. The first-order valence-corrected chi connectivity index (χ1v) is 9.91. The lowest BCUT2D eigenvalue weighted by Gasteiger charge is -2.10. The third kappa shape index (κ3) is 3.39. The Kier molecular flexibility index (Phi) is 4.24. The monoisotopic (exact) mass is 402 g/mol. The lowest BCUT2D eigenvalue weighted by molar-refractivity contribution is 0.102. The van der Waals surface area contributed by atoms with Crippen molar-refractivity contribution in [3.63, 3.8) is 0 Å². The molecule has 152 valence electrons. The molecule has 0 atom stereocenters. The van der Waals surface area contributed by atoms with Gasteiger partial charge in [0.2, 0.25) is 0 Å². The minimum Gasteiger partial charge on any atom is -0.494 e. The van der Waals surface area contributed by atoms with Crippen molar-refractivity contribution < 1.29 is 14.6 Å². The maximum Gasteiger partial charge on any atom is 0.257 e. The fourth-order valence-corrected chi connectivity index (χ4v) is 3.53. The second-order valence-corrected chi connectivity index (χ2v) is 7.77. The van der Waals surface area contributed by atoms with Crippen molar-refractivity contribution >= 4 is 22.5 Å². The number of nitrogens with zero attached hydrogens (tertiary/aromatic N) is 3. The van der Waals surface area contributed by atoms with Crippen LogP contribution in [0.5, 0.6) is 17.4 Å². The zero-order valence-electron chi connectivity index (χ0n) is 16.8. The highest BCUT2D eigenvalue weighted by Gasteiger charge is 2.28. The van der Waals surface area contributed by atoms with Gasteiger partial charge in [-0.1, -0.05) is 17.7 Å². The Morgan fingerprint density at radius 1 is 1.17 bits per heavy atom. The summed E-state index contributed by atoms with van der Waals surface area (Å²) < 4.78 is 9.62. The smallest absolute Gasteiger partial charge is 0.257 e. The maximum atomic E-state index is 12.9. The molecule has 0 bridgehead atoms. The number of hydrogen-bond donors (Lipinski definition) is 2. The van der Waals surface area contributed by atoms with Gasteiger partial charge in [0.05, 0.1) is 0 Å². The first-order chi connectivity index (χ1) is 14.5. The first-order valence-electron chi connectivity index (χ1n) is 9.91. The fraction of sp³-hybridized carbons (Fsp3) is 0.217. The van der Waals surface area contributed by atoms with Crippen LogP contribution >= 0.6 is 0 Å². The number of carbonyl (C=O) groups excluding carboxylic acids is 1. The van der Waals surface area contributed by atoms with Crippen molar-refractivity contribution in [2.75, 3.05) is 5.32 Å². The molecule has 1 fully saturated rings. The molecular formula is C23H22N4O3. The Bertz CT molecular complexity index is 1250. The van der Waals surface area contributed by atoms with Gasteiger partial charge in [0, 0.05) is 47.9 Å². The summed E-state index contributed by atoms with van der Waals surface area (Å²) in [5.74, 6) is 1.50. The molecule has 0 radical (unpaired) electrons. The molecule has 1 aliphatic rings. The Morgan fingerprint density at radius 2 is 1.93 bits per heavy atom. The number of ether oxygens (including phenoxy) is 1. The number of amides is 1. The van der Waals surface area contributed by atoms with Crippen LogP contribution in [0.1, 0.15) is 34.8 Å². The molecule has 7 heteroatoms. The van der Waals surface area contributed by atoms with Gasteiger partial charge in [-0.3, -0.25) is 9.48 Å². The summed E-state index contributed by atoms with van der Waals surface area (Å²) in [5.41, 5.74) is 1.52. The molecule has 2 aromatic carbocycles. The number of benzene rings is 2. The molecule has 2 aromatic heterocycles. The molecule has 5 rings (SSSR count). The number of aromatic nitrogens is 3. The number of nitrogens with one attached hydrogen (secondary N) is 1. The van der Waals surface area contributed by atoms with E-state index in [0.717, 1.165) is 23.8 Å². The summed E-state index contributed by atoms with van der Waals surface area (Å²) in [4.78, 5) is 12.9. The summed E-state index contributed by atoms with van der Waals surface area (Å²) in [5, 5.41) is 19.1. The topological polar surface area (TPSA) is 81.3 Å². The third-order valence-electron chi connectivity index (χ3n) is 5.30. The molecule has 4 aromatic rings. The number of carbonyl (C=O) groups is 1. The van der Waals surface area contributed by atoms with Crippen LogP contribution in [0.25, 0.3) is 10.8 Å². The highest BCUT2D eigenvalue weighted by atomic mass is 16.5. The van der Waals surface area contributed by atoms with Gasteiger partial charge in [0.15, 0.2) is 11.7 Å². The minimum absolute atomic E-state index is 0.161. The van der Waals surface area contributed by atoms with Crippen LogP contribution in [-0.2, 0) is 7.05 Å². The molecule has 7 nitrogen and oxygen atoms in total. The van der Waals surface area contributed by atoms with Crippen LogP contribution < -0.4 is 10.1 Å².